The maximum absolute atomic E-state index is 10.5. The first-order chi connectivity index (χ1) is 5.59. The van der Waals surface area contributed by atoms with Gasteiger partial charge in [0, 0.05) is 4.88 Å². The van der Waals surface area contributed by atoms with E-state index in [-0.39, 0.29) is 6.04 Å². The van der Waals surface area contributed by atoms with Gasteiger partial charge in [0.1, 0.15) is 0 Å². The van der Waals surface area contributed by atoms with Gasteiger partial charge in [-0.3, -0.25) is 0 Å². The molecule has 0 saturated heterocycles. The lowest BCUT2D eigenvalue weighted by molar-refractivity contribution is 0.246. The van der Waals surface area contributed by atoms with Gasteiger partial charge in [0.05, 0.1) is 10.4 Å². The van der Waals surface area contributed by atoms with E-state index in [9.17, 15) is 4.79 Å². The molecule has 1 aromatic rings. The van der Waals surface area contributed by atoms with Crippen molar-refractivity contribution >= 4 is 29.0 Å². The number of nitrogens with one attached hydrogen (secondary N) is 1. The van der Waals surface area contributed by atoms with Crippen molar-refractivity contribution in [2.45, 2.75) is 13.0 Å². The highest BCUT2D eigenvalue weighted by Gasteiger charge is 2.08. The highest BCUT2D eigenvalue weighted by atomic mass is 35.5. The Hall–Kier alpha value is -0.740. The zero-order valence-corrected chi connectivity index (χ0v) is 8.08. The van der Waals surface area contributed by atoms with E-state index in [1.807, 2.05) is 13.0 Å². The van der Waals surface area contributed by atoms with Crippen LogP contribution in [0.4, 0.5) is 4.79 Å². The number of amides is 2. The average molecular weight is 205 g/mol. The van der Waals surface area contributed by atoms with Gasteiger partial charge in [-0.2, -0.15) is 0 Å². The fourth-order valence-corrected chi connectivity index (χ4v) is 1.91. The number of thiophene rings is 1. The number of primary amides is 1. The second-order valence-electron chi connectivity index (χ2n) is 2.37. The van der Waals surface area contributed by atoms with Gasteiger partial charge in [-0.15, -0.1) is 11.3 Å². The summed E-state index contributed by atoms with van der Waals surface area (Å²) in [5.41, 5.74) is 4.96. The minimum atomic E-state index is -0.521. The van der Waals surface area contributed by atoms with Crippen molar-refractivity contribution in [3.8, 4) is 0 Å². The fourth-order valence-electron chi connectivity index (χ4n) is 0.846. The molecule has 1 heterocycles. The summed E-state index contributed by atoms with van der Waals surface area (Å²) in [6, 6.07) is 3.07. The van der Waals surface area contributed by atoms with Crippen LogP contribution in [0.1, 0.15) is 17.8 Å². The lowest BCUT2D eigenvalue weighted by Crippen LogP contribution is -2.31. The summed E-state index contributed by atoms with van der Waals surface area (Å²) in [4.78, 5) is 11.5. The maximum atomic E-state index is 10.5. The number of halogens is 1. The number of hydrogen-bond acceptors (Lipinski definition) is 2. The highest BCUT2D eigenvalue weighted by molar-refractivity contribution is 7.16. The molecule has 0 saturated carbocycles. The summed E-state index contributed by atoms with van der Waals surface area (Å²) >= 11 is 7.15. The second-order valence-corrected chi connectivity index (χ2v) is 4.12. The zero-order chi connectivity index (χ0) is 9.14. The third-order valence-electron chi connectivity index (χ3n) is 1.38. The molecular weight excluding hydrogens is 196 g/mol. The van der Waals surface area contributed by atoms with E-state index in [1.165, 1.54) is 11.3 Å². The molecule has 0 aliphatic heterocycles. The molecule has 1 aromatic heterocycles. The molecule has 0 unspecified atom stereocenters. The average Bonchev–Trinajstić information content (AvgIpc) is 2.34. The quantitative estimate of drug-likeness (QED) is 0.762. The minimum Gasteiger partial charge on any atom is -0.352 e. The van der Waals surface area contributed by atoms with Gasteiger partial charge in [-0.25, -0.2) is 4.79 Å². The van der Waals surface area contributed by atoms with Crippen molar-refractivity contribution in [3.05, 3.63) is 21.3 Å². The van der Waals surface area contributed by atoms with Crippen molar-refractivity contribution < 1.29 is 4.79 Å². The van der Waals surface area contributed by atoms with E-state index in [1.54, 1.807) is 6.07 Å². The van der Waals surface area contributed by atoms with E-state index < -0.39 is 6.03 Å². The topological polar surface area (TPSA) is 55.1 Å². The molecular formula is C7H9ClN2OS. The number of urea groups is 1. The van der Waals surface area contributed by atoms with Gasteiger partial charge in [0.15, 0.2) is 0 Å². The van der Waals surface area contributed by atoms with Crippen molar-refractivity contribution in [1.82, 2.24) is 5.32 Å². The van der Waals surface area contributed by atoms with E-state index in [4.69, 9.17) is 17.3 Å². The molecule has 0 bridgehead atoms. The normalized spacial score (nSPS) is 12.5. The monoisotopic (exact) mass is 204 g/mol. The summed E-state index contributed by atoms with van der Waals surface area (Å²) in [5, 5.41) is 2.56. The third-order valence-corrected chi connectivity index (χ3v) is 2.79. The summed E-state index contributed by atoms with van der Waals surface area (Å²) in [6.07, 6.45) is 0. The zero-order valence-electron chi connectivity index (χ0n) is 6.50. The van der Waals surface area contributed by atoms with Gasteiger partial charge < -0.3 is 11.1 Å². The van der Waals surface area contributed by atoms with Crippen LogP contribution in [0, 0.1) is 0 Å². The molecule has 0 aliphatic rings. The van der Waals surface area contributed by atoms with Crippen molar-refractivity contribution in [2.24, 2.45) is 5.73 Å². The predicted molar refractivity (Wildman–Crippen MR) is 50.5 cm³/mol. The predicted octanol–water partition coefficient (Wildman–Crippen LogP) is 2.13. The Labute approximate surface area is 79.5 Å². The smallest absolute Gasteiger partial charge is 0.312 e. The number of carbonyl (C=O) groups is 1. The Balaban J connectivity index is 2.64. The first-order valence-corrected chi connectivity index (χ1v) is 4.60. The van der Waals surface area contributed by atoms with Crippen LogP contribution in [0.25, 0.3) is 0 Å². The Bertz CT molecular complexity index is 287. The van der Waals surface area contributed by atoms with Gasteiger partial charge in [-0.1, -0.05) is 11.6 Å². The summed E-state index contributed by atoms with van der Waals surface area (Å²) < 4.78 is 0.711. The van der Waals surface area contributed by atoms with Crippen molar-refractivity contribution in [3.63, 3.8) is 0 Å². The van der Waals surface area contributed by atoms with Crippen LogP contribution in [-0.4, -0.2) is 6.03 Å². The Morgan fingerprint density at radius 2 is 2.42 bits per heavy atom. The van der Waals surface area contributed by atoms with Crippen molar-refractivity contribution in [1.29, 1.82) is 0 Å². The molecule has 0 spiro atoms. The molecule has 1 atom stereocenters. The SMILES string of the molecule is C[C@H](NC(N)=O)c1ccc(Cl)s1. The summed E-state index contributed by atoms with van der Waals surface area (Å²) in [6.45, 7) is 1.85. The van der Waals surface area contributed by atoms with Crippen molar-refractivity contribution in [2.75, 3.05) is 0 Å². The largest absolute Gasteiger partial charge is 0.352 e. The van der Waals surface area contributed by atoms with E-state index >= 15 is 0 Å². The molecule has 0 aromatic carbocycles. The standard InChI is InChI=1S/C7H9ClN2OS/c1-4(10-7(9)11)5-2-3-6(8)12-5/h2-4H,1H3,(H3,9,10,11)/t4-/m0/s1. The molecule has 1 rings (SSSR count). The molecule has 3 nitrogen and oxygen atoms in total. The third kappa shape index (κ3) is 2.39. The fraction of sp³-hybridized carbons (Fsp3) is 0.286. The number of carbonyl (C=O) groups excluding carboxylic acids is 1. The van der Waals surface area contributed by atoms with Gasteiger partial charge >= 0.3 is 6.03 Å². The molecule has 3 N–H and O–H groups in total. The lowest BCUT2D eigenvalue weighted by atomic mass is 10.3. The van der Waals surface area contributed by atoms with Crippen LogP contribution >= 0.6 is 22.9 Å². The van der Waals surface area contributed by atoms with Gasteiger partial charge in [-0.05, 0) is 19.1 Å². The molecule has 0 aliphatic carbocycles. The van der Waals surface area contributed by atoms with Gasteiger partial charge in [0.25, 0.3) is 0 Å². The molecule has 12 heavy (non-hydrogen) atoms. The molecule has 66 valence electrons. The van der Waals surface area contributed by atoms with Crippen LogP contribution < -0.4 is 11.1 Å². The molecule has 5 heteroatoms. The number of nitrogens with two attached hydrogens (primary N) is 1. The Kier molecular flexibility index (Phi) is 2.94. The van der Waals surface area contributed by atoms with Crippen LogP contribution in [0.2, 0.25) is 4.34 Å². The van der Waals surface area contributed by atoms with Crippen LogP contribution in [0.3, 0.4) is 0 Å². The minimum absolute atomic E-state index is 0.0694. The number of hydrogen-bond donors (Lipinski definition) is 2. The van der Waals surface area contributed by atoms with E-state index in [2.05, 4.69) is 5.32 Å². The summed E-state index contributed by atoms with van der Waals surface area (Å²) in [7, 11) is 0. The maximum Gasteiger partial charge on any atom is 0.312 e. The van der Waals surface area contributed by atoms with E-state index in [0.29, 0.717) is 4.34 Å². The molecule has 2 amide bonds. The Morgan fingerprint density at radius 3 is 2.83 bits per heavy atom. The van der Waals surface area contributed by atoms with Crippen LogP contribution in [0.15, 0.2) is 12.1 Å². The van der Waals surface area contributed by atoms with Gasteiger partial charge in [0.2, 0.25) is 0 Å². The lowest BCUT2D eigenvalue weighted by Gasteiger charge is -2.08. The first-order valence-electron chi connectivity index (χ1n) is 3.41. The second kappa shape index (κ2) is 3.78. The summed E-state index contributed by atoms with van der Waals surface area (Å²) in [5.74, 6) is 0. The van der Waals surface area contributed by atoms with Crippen LogP contribution in [-0.2, 0) is 0 Å². The first kappa shape index (κ1) is 9.35. The molecule has 0 fully saturated rings. The highest BCUT2D eigenvalue weighted by Crippen LogP contribution is 2.26. The molecule has 0 radical (unpaired) electrons. The number of rotatable bonds is 2. The van der Waals surface area contributed by atoms with E-state index in [0.717, 1.165) is 4.88 Å². The Morgan fingerprint density at radius 1 is 1.75 bits per heavy atom. The van der Waals surface area contributed by atoms with Crippen LogP contribution in [0.5, 0.6) is 0 Å².